The Morgan fingerprint density at radius 3 is 1.74 bits per heavy atom. The van der Waals surface area contributed by atoms with Crippen molar-refractivity contribution in [2.24, 2.45) is 0 Å². The van der Waals surface area contributed by atoms with Gasteiger partial charge < -0.3 is 29.2 Å². The Kier molecular flexibility index (Phi) is 8.50. The Morgan fingerprint density at radius 1 is 0.769 bits per heavy atom. The number of Topliss-reactive ketones (excluding diaryl/α,β-unsaturated/α-hetero) is 1. The highest BCUT2D eigenvalue weighted by molar-refractivity contribution is 6.14. The number of carbonyl (C=O) groups is 2. The highest BCUT2D eigenvalue weighted by Gasteiger charge is 2.29. The molecule has 1 saturated carbocycles. The van der Waals surface area contributed by atoms with Crippen LogP contribution in [0.4, 0.5) is 0 Å². The van der Waals surface area contributed by atoms with Gasteiger partial charge in [-0.15, -0.1) is 0 Å². The van der Waals surface area contributed by atoms with Crippen LogP contribution in [0.1, 0.15) is 34.5 Å². The van der Waals surface area contributed by atoms with Crippen LogP contribution in [0.3, 0.4) is 0 Å². The van der Waals surface area contributed by atoms with Crippen LogP contribution in [-0.4, -0.2) is 51.2 Å². The van der Waals surface area contributed by atoms with Crippen LogP contribution >= 0.6 is 0 Å². The normalized spacial score (nSPS) is 17.1. The van der Waals surface area contributed by atoms with Crippen LogP contribution in [0, 0.1) is 0 Å². The van der Waals surface area contributed by atoms with Gasteiger partial charge in [-0.2, -0.15) is 0 Å². The van der Waals surface area contributed by atoms with E-state index in [4.69, 9.17) is 18.9 Å². The summed E-state index contributed by atoms with van der Waals surface area (Å²) in [5.74, 6) is 1.67. The summed E-state index contributed by atoms with van der Waals surface area (Å²) in [5, 5.41) is 2.96. The molecule has 202 valence electrons. The summed E-state index contributed by atoms with van der Waals surface area (Å²) in [4.78, 5) is 40.8. The fourth-order valence-corrected chi connectivity index (χ4v) is 4.48. The molecule has 1 heterocycles. The van der Waals surface area contributed by atoms with Crippen LogP contribution in [0.15, 0.2) is 70.5 Å². The van der Waals surface area contributed by atoms with Gasteiger partial charge in [-0.25, -0.2) is 0 Å². The van der Waals surface area contributed by atoms with Crippen molar-refractivity contribution in [2.75, 3.05) is 28.4 Å². The molecule has 9 nitrogen and oxygen atoms in total. The summed E-state index contributed by atoms with van der Waals surface area (Å²) < 4.78 is 21.5. The number of nitrogens with one attached hydrogen (secondary N) is 2. The standard InChI is InChI=1S/C30H30N2O7/c1-36-24-10-8-18(14-26(24)38-3)12-20-16-22(31-30(35)23-6-5-7-28(33)32-23)17-21(29(20)34)13-19-9-11-25(37-2)27(15-19)39-4/h5-15,22H,16-17H2,1-4H3,(H,31,35)(H,32,33)/b20-12+,21-13+. The van der Waals surface area contributed by atoms with E-state index in [1.54, 1.807) is 64.9 Å². The summed E-state index contributed by atoms with van der Waals surface area (Å²) in [5.41, 5.74) is 2.32. The lowest BCUT2D eigenvalue weighted by atomic mass is 9.83. The number of methoxy groups -OCH3 is 4. The van der Waals surface area contributed by atoms with Gasteiger partial charge in [0, 0.05) is 23.3 Å². The lowest BCUT2D eigenvalue weighted by Crippen LogP contribution is -2.40. The summed E-state index contributed by atoms with van der Waals surface area (Å²) >= 11 is 0. The van der Waals surface area contributed by atoms with Crippen molar-refractivity contribution in [3.8, 4) is 23.0 Å². The number of benzene rings is 2. The zero-order chi connectivity index (χ0) is 27.9. The number of aromatic nitrogens is 1. The number of rotatable bonds is 8. The van der Waals surface area contributed by atoms with Gasteiger partial charge in [0.15, 0.2) is 28.8 Å². The van der Waals surface area contributed by atoms with E-state index in [9.17, 15) is 14.4 Å². The van der Waals surface area contributed by atoms with E-state index in [0.717, 1.165) is 11.1 Å². The fourth-order valence-electron chi connectivity index (χ4n) is 4.48. The van der Waals surface area contributed by atoms with Gasteiger partial charge in [-0.1, -0.05) is 18.2 Å². The van der Waals surface area contributed by atoms with Crippen molar-refractivity contribution in [3.63, 3.8) is 0 Å². The highest BCUT2D eigenvalue weighted by atomic mass is 16.5. The van der Waals surface area contributed by atoms with Crippen LogP contribution in [0.2, 0.25) is 0 Å². The third kappa shape index (κ3) is 6.38. The number of ketones is 1. The number of aromatic amines is 1. The molecule has 0 bridgehead atoms. The quantitative estimate of drug-likeness (QED) is 0.423. The van der Waals surface area contributed by atoms with E-state index in [1.165, 1.54) is 18.2 Å². The number of hydrogen-bond acceptors (Lipinski definition) is 7. The summed E-state index contributed by atoms with van der Waals surface area (Å²) in [6, 6.07) is 14.8. The molecule has 0 aliphatic heterocycles. The molecular weight excluding hydrogens is 500 g/mol. The Balaban J connectivity index is 1.71. The zero-order valence-electron chi connectivity index (χ0n) is 22.2. The van der Waals surface area contributed by atoms with Crippen molar-refractivity contribution in [2.45, 2.75) is 18.9 Å². The molecule has 39 heavy (non-hydrogen) atoms. The van der Waals surface area contributed by atoms with Gasteiger partial charge in [-0.05, 0) is 66.5 Å². The number of pyridine rings is 1. The van der Waals surface area contributed by atoms with Gasteiger partial charge >= 0.3 is 0 Å². The maximum absolute atomic E-state index is 13.6. The molecule has 0 spiro atoms. The molecule has 0 saturated heterocycles. The largest absolute Gasteiger partial charge is 0.493 e. The minimum absolute atomic E-state index is 0.127. The van der Waals surface area contributed by atoms with Crippen LogP contribution in [0.5, 0.6) is 23.0 Å². The van der Waals surface area contributed by atoms with Gasteiger partial charge in [0.1, 0.15) is 5.69 Å². The molecular formula is C30H30N2O7. The summed E-state index contributed by atoms with van der Waals surface area (Å²) in [6.45, 7) is 0. The van der Waals surface area contributed by atoms with Gasteiger partial charge in [0.2, 0.25) is 5.56 Å². The van der Waals surface area contributed by atoms with E-state index in [1.807, 2.05) is 12.1 Å². The molecule has 1 aliphatic carbocycles. The topological polar surface area (TPSA) is 116 Å². The SMILES string of the molecule is COc1ccc(/C=C2\CC(NC(=O)c3cccc(=O)[nH]3)C/C(=C\c3ccc(OC)c(OC)c3)C2=O)cc1OC. The van der Waals surface area contributed by atoms with Gasteiger partial charge in [0.25, 0.3) is 5.91 Å². The van der Waals surface area contributed by atoms with Gasteiger partial charge in [-0.3, -0.25) is 14.4 Å². The van der Waals surface area contributed by atoms with E-state index >= 15 is 0 Å². The fraction of sp³-hybridized carbons (Fsp3) is 0.233. The highest BCUT2D eigenvalue weighted by Crippen LogP contribution is 2.33. The van der Waals surface area contributed by atoms with Crippen molar-refractivity contribution < 1.29 is 28.5 Å². The number of hydrogen-bond donors (Lipinski definition) is 2. The van der Waals surface area contributed by atoms with Crippen molar-refractivity contribution in [1.82, 2.24) is 10.3 Å². The van der Waals surface area contributed by atoms with E-state index in [-0.39, 0.29) is 17.0 Å². The monoisotopic (exact) mass is 530 g/mol. The maximum atomic E-state index is 13.6. The smallest absolute Gasteiger partial charge is 0.268 e. The van der Waals surface area contributed by atoms with Crippen LogP contribution in [0.25, 0.3) is 12.2 Å². The van der Waals surface area contributed by atoms with Crippen LogP contribution < -0.4 is 29.8 Å². The number of amides is 1. The average Bonchev–Trinajstić information content (AvgIpc) is 2.95. The van der Waals surface area contributed by atoms with Gasteiger partial charge in [0.05, 0.1) is 28.4 Å². The number of H-pyrrole nitrogens is 1. The van der Waals surface area contributed by atoms with Crippen molar-refractivity contribution in [3.05, 3.63) is 92.9 Å². The molecule has 4 rings (SSSR count). The molecule has 1 aliphatic rings. The number of ether oxygens (including phenoxy) is 4. The molecule has 1 aromatic heterocycles. The van der Waals surface area contributed by atoms with E-state index in [2.05, 4.69) is 10.3 Å². The second-order valence-corrected chi connectivity index (χ2v) is 8.90. The minimum Gasteiger partial charge on any atom is -0.493 e. The third-order valence-electron chi connectivity index (χ3n) is 6.36. The Morgan fingerprint density at radius 2 is 1.28 bits per heavy atom. The molecule has 2 aromatic carbocycles. The molecule has 0 unspecified atom stereocenters. The second kappa shape index (κ2) is 12.2. The van der Waals surface area contributed by atoms with Crippen molar-refractivity contribution in [1.29, 1.82) is 0 Å². The second-order valence-electron chi connectivity index (χ2n) is 8.90. The Hall–Kier alpha value is -4.79. The molecule has 9 heteroatoms. The van der Waals surface area contributed by atoms with E-state index < -0.39 is 11.9 Å². The number of carbonyl (C=O) groups excluding carboxylic acids is 2. The first-order valence-corrected chi connectivity index (χ1v) is 12.2. The van der Waals surface area contributed by atoms with Crippen LogP contribution in [-0.2, 0) is 4.79 Å². The summed E-state index contributed by atoms with van der Waals surface area (Å²) in [7, 11) is 6.20. The first-order valence-electron chi connectivity index (χ1n) is 12.2. The van der Waals surface area contributed by atoms with Crippen molar-refractivity contribution >= 4 is 23.8 Å². The molecule has 2 N–H and O–H groups in total. The molecule has 3 aromatic rings. The molecule has 1 fully saturated rings. The first-order chi connectivity index (χ1) is 18.8. The third-order valence-corrected chi connectivity index (χ3v) is 6.36. The molecule has 0 radical (unpaired) electrons. The summed E-state index contributed by atoms with van der Waals surface area (Å²) in [6.07, 6.45) is 4.18. The Bertz CT molecular complexity index is 1430. The molecule has 0 atom stereocenters. The maximum Gasteiger partial charge on any atom is 0.268 e. The lowest BCUT2D eigenvalue weighted by molar-refractivity contribution is -0.113. The molecule has 1 amide bonds. The minimum atomic E-state index is -0.428. The lowest BCUT2D eigenvalue weighted by Gasteiger charge is -2.27. The Labute approximate surface area is 226 Å². The average molecular weight is 531 g/mol. The predicted molar refractivity (Wildman–Crippen MR) is 148 cm³/mol. The van der Waals surface area contributed by atoms with E-state index in [0.29, 0.717) is 47.0 Å². The first kappa shape index (κ1) is 27.3. The zero-order valence-corrected chi connectivity index (χ0v) is 22.2. The predicted octanol–water partition coefficient (Wildman–Crippen LogP) is 4.04.